The van der Waals surface area contributed by atoms with Crippen molar-refractivity contribution >= 4 is 28.2 Å². The highest BCUT2D eigenvalue weighted by Gasteiger charge is 2.16. The van der Waals surface area contributed by atoms with Gasteiger partial charge >= 0.3 is 0 Å². The van der Waals surface area contributed by atoms with Crippen LogP contribution in [0.3, 0.4) is 0 Å². The van der Waals surface area contributed by atoms with E-state index in [2.05, 4.69) is 41.2 Å². The van der Waals surface area contributed by atoms with Crippen LogP contribution < -0.4 is 20.3 Å². The molecule has 6 nitrogen and oxygen atoms in total. The smallest absolute Gasteiger partial charge is 0.253 e. The Bertz CT molecular complexity index is 1110. The molecule has 0 aliphatic heterocycles. The average Bonchev–Trinajstić information content (AvgIpc) is 2.81. The van der Waals surface area contributed by atoms with Crippen molar-refractivity contribution in [1.29, 1.82) is 0 Å². The van der Waals surface area contributed by atoms with Crippen LogP contribution in [0.15, 0.2) is 53.3 Å². The van der Waals surface area contributed by atoms with Gasteiger partial charge in [-0.1, -0.05) is 37.3 Å². The van der Waals surface area contributed by atoms with Gasteiger partial charge in [0.05, 0.1) is 26.3 Å². The van der Waals surface area contributed by atoms with Gasteiger partial charge in [-0.2, -0.15) is 0 Å². The van der Waals surface area contributed by atoms with Crippen LogP contribution >= 0.6 is 12.2 Å². The van der Waals surface area contributed by atoms with E-state index in [9.17, 15) is 4.79 Å². The lowest BCUT2D eigenvalue weighted by molar-refractivity contribution is 0.355. The van der Waals surface area contributed by atoms with Gasteiger partial charge in [-0.3, -0.25) is 4.79 Å². The van der Waals surface area contributed by atoms with Gasteiger partial charge in [0.15, 0.2) is 16.6 Å². The Balaban J connectivity index is 1.90. The Labute approximate surface area is 194 Å². The molecule has 32 heavy (non-hydrogen) atoms. The predicted octanol–water partition coefficient (Wildman–Crippen LogP) is 4.26. The van der Waals surface area contributed by atoms with E-state index in [1.54, 1.807) is 20.3 Å². The summed E-state index contributed by atoms with van der Waals surface area (Å²) in [6.45, 7) is 5.33. The summed E-state index contributed by atoms with van der Waals surface area (Å²) in [6.07, 6.45) is 1.80. The van der Waals surface area contributed by atoms with Gasteiger partial charge in [0.25, 0.3) is 5.56 Å². The molecular formula is C25H31N3O3S. The fourth-order valence-electron chi connectivity index (χ4n) is 3.47. The number of H-pyrrole nitrogens is 1. The van der Waals surface area contributed by atoms with E-state index in [4.69, 9.17) is 21.7 Å². The van der Waals surface area contributed by atoms with Gasteiger partial charge in [0.1, 0.15) is 0 Å². The minimum atomic E-state index is -0.138. The van der Waals surface area contributed by atoms with Crippen molar-refractivity contribution in [2.75, 3.05) is 20.8 Å². The van der Waals surface area contributed by atoms with Crippen LogP contribution in [0.1, 0.15) is 31.4 Å². The molecular weight excluding hydrogens is 422 g/mol. The van der Waals surface area contributed by atoms with Crippen molar-refractivity contribution in [3.8, 4) is 11.5 Å². The van der Waals surface area contributed by atoms with Crippen LogP contribution in [0.4, 0.5) is 0 Å². The second-order valence-electron chi connectivity index (χ2n) is 7.83. The van der Waals surface area contributed by atoms with Crippen LogP contribution in [0.2, 0.25) is 0 Å². The molecule has 0 spiro atoms. The fraction of sp³-hybridized carbons (Fsp3) is 0.360. The molecule has 2 N–H and O–H groups in total. The molecule has 170 valence electrons. The van der Waals surface area contributed by atoms with Gasteiger partial charge in [-0.15, -0.1) is 0 Å². The molecule has 0 aliphatic carbocycles. The molecule has 1 atom stereocenters. The Hall–Kier alpha value is -3.06. The summed E-state index contributed by atoms with van der Waals surface area (Å²) in [6, 6.07) is 16.1. The van der Waals surface area contributed by atoms with Crippen molar-refractivity contribution in [2.24, 2.45) is 0 Å². The molecule has 1 heterocycles. The lowest BCUT2D eigenvalue weighted by Crippen LogP contribution is -2.44. The molecule has 0 aliphatic rings. The number of pyridine rings is 1. The Morgan fingerprint density at radius 2 is 1.81 bits per heavy atom. The molecule has 2 aromatic carbocycles. The van der Waals surface area contributed by atoms with Crippen molar-refractivity contribution in [2.45, 2.75) is 39.3 Å². The molecule has 0 saturated heterocycles. The second-order valence-corrected chi connectivity index (χ2v) is 8.22. The number of ether oxygens (including phenoxy) is 2. The van der Waals surface area contributed by atoms with Crippen molar-refractivity contribution < 1.29 is 9.47 Å². The zero-order valence-electron chi connectivity index (χ0n) is 19.1. The van der Waals surface area contributed by atoms with Gasteiger partial charge in [-0.05, 0) is 49.7 Å². The SMILES string of the molecule is CC[C@@H](C)NC(=S)N(CCc1ccccc1)Cc1cc2cc(OC)c(OC)cc2[nH]c1=O. The first-order valence-corrected chi connectivity index (χ1v) is 11.2. The van der Waals surface area contributed by atoms with Gasteiger partial charge < -0.3 is 24.7 Å². The minimum absolute atomic E-state index is 0.138. The Kier molecular flexibility index (Phi) is 8.11. The maximum absolute atomic E-state index is 12.9. The molecule has 3 rings (SSSR count). The predicted molar refractivity (Wildman–Crippen MR) is 134 cm³/mol. The lowest BCUT2D eigenvalue weighted by Gasteiger charge is -2.28. The summed E-state index contributed by atoms with van der Waals surface area (Å²) >= 11 is 5.71. The van der Waals surface area contributed by atoms with E-state index in [1.165, 1.54) is 5.56 Å². The lowest BCUT2D eigenvalue weighted by atomic mass is 10.1. The number of hydrogen-bond acceptors (Lipinski definition) is 4. The highest BCUT2D eigenvalue weighted by molar-refractivity contribution is 7.80. The maximum Gasteiger partial charge on any atom is 0.253 e. The quantitative estimate of drug-likeness (QED) is 0.472. The van der Waals surface area contributed by atoms with Gasteiger partial charge in [0, 0.05) is 29.6 Å². The topological polar surface area (TPSA) is 66.6 Å². The summed E-state index contributed by atoms with van der Waals surface area (Å²) in [5, 5.41) is 4.92. The van der Waals surface area contributed by atoms with E-state index in [1.807, 2.05) is 30.3 Å². The third kappa shape index (κ3) is 5.79. The molecule has 3 aromatic rings. The second kappa shape index (κ2) is 11.0. The number of hydrogen-bond donors (Lipinski definition) is 2. The molecule has 0 radical (unpaired) electrons. The third-order valence-corrected chi connectivity index (χ3v) is 5.95. The number of rotatable bonds is 9. The van der Waals surface area contributed by atoms with Crippen molar-refractivity contribution in [3.63, 3.8) is 0 Å². The first-order chi connectivity index (χ1) is 15.4. The van der Waals surface area contributed by atoms with E-state index < -0.39 is 0 Å². The minimum Gasteiger partial charge on any atom is -0.493 e. The van der Waals surface area contributed by atoms with Crippen molar-refractivity contribution in [1.82, 2.24) is 15.2 Å². The zero-order valence-corrected chi connectivity index (χ0v) is 19.9. The molecule has 1 aromatic heterocycles. The summed E-state index contributed by atoms with van der Waals surface area (Å²) in [7, 11) is 3.17. The third-order valence-electron chi connectivity index (χ3n) is 5.57. The summed E-state index contributed by atoms with van der Waals surface area (Å²) in [5.74, 6) is 1.19. The first kappa shape index (κ1) is 23.6. The molecule has 0 fully saturated rings. The monoisotopic (exact) mass is 453 g/mol. The highest BCUT2D eigenvalue weighted by Crippen LogP contribution is 2.31. The number of nitrogens with zero attached hydrogens (tertiary/aromatic N) is 1. The summed E-state index contributed by atoms with van der Waals surface area (Å²) in [5.41, 5.74) is 2.44. The first-order valence-electron chi connectivity index (χ1n) is 10.8. The molecule has 0 unspecified atom stereocenters. The molecule has 0 bridgehead atoms. The summed E-state index contributed by atoms with van der Waals surface area (Å²) in [4.78, 5) is 17.9. The highest BCUT2D eigenvalue weighted by atomic mass is 32.1. The number of thiocarbonyl (C=S) groups is 1. The van der Waals surface area contributed by atoms with E-state index in [0.717, 1.165) is 18.2 Å². The van der Waals surface area contributed by atoms with Crippen LogP contribution in [0, 0.1) is 0 Å². The van der Waals surface area contributed by atoms with E-state index >= 15 is 0 Å². The fourth-order valence-corrected chi connectivity index (χ4v) is 3.82. The molecule has 0 amide bonds. The zero-order chi connectivity index (χ0) is 23.1. The van der Waals surface area contributed by atoms with E-state index in [0.29, 0.717) is 40.8 Å². The average molecular weight is 454 g/mol. The van der Waals surface area contributed by atoms with Crippen LogP contribution in [-0.2, 0) is 13.0 Å². The number of nitrogens with one attached hydrogen (secondary N) is 2. The number of benzene rings is 2. The van der Waals surface area contributed by atoms with Crippen LogP contribution in [-0.4, -0.2) is 41.8 Å². The number of aromatic amines is 1. The number of aromatic nitrogens is 1. The summed E-state index contributed by atoms with van der Waals surface area (Å²) < 4.78 is 10.8. The Morgan fingerprint density at radius 1 is 1.12 bits per heavy atom. The Morgan fingerprint density at radius 3 is 2.47 bits per heavy atom. The van der Waals surface area contributed by atoms with Gasteiger partial charge in [-0.25, -0.2) is 0 Å². The standard InChI is InChI=1S/C25H31N3O3S/c1-5-17(2)26-25(32)28(12-11-18-9-7-6-8-10-18)16-20-13-19-14-22(30-3)23(31-4)15-21(19)27-24(20)29/h6-10,13-15,17H,5,11-12,16H2,1-4H3,(H,26,32)(H,27,29)/t17-/m1/s1. The molecule has 7 heteroatoms. The number of methoxy groups -OCH3 is 2. The molecule has 0 saturated carbocycles. The van der Waals surface area contributed by atoms with Crippen LogP contribution in [0.25, 0.3) is 10.9 Å². The van der Waals surface area contributed by atoms with Gasteiger partial charge in [0.2, 0.25) is 0 Å². The van der Waals surface area contributed by atoms with E-state index in [-0.39, 0.29) is 11.6 Å². The number of fused-ring (bicyclic) bond motifs is 1. The van der Waals surface area contributed by atoms with Crippen molar-refractivity contribution in [3.05, 3.63) is 70.0 Å². The maximum atomic E-state index is 12.9. The normalized spacial score (nSPS) is 11.8. The largest absolute Gasteiger partial charge is 0.493 e. The van der Waals surface area contributed by atoms with Crippen LogP contribution in [0.5, 0.6) is 11.5 Å².